The Morgan fingerprint density at radius 2 is 2.50 bits per heavy atom. The number of urea groups is 1. The Morgan fingerprint density at radius 1 is 1.71 bits per heavy atom. The molecule has 2 N–H and O–H groups in total. The molecule has 82 valence electrons. The number of hydrogen-bond donors (Lipinski definition) is 2. The molecule has 0 radical (unpaired) electrons. The molecule has 0 aromatic carbocycles. The zero-order chi connectivity index (χ0) is 10.4. The summed E-state index contributed by atoms with van der Waals surface area (Å²) in [5, 5.41) is 5.61. The lowest BCUT2D eigenvalue weighted by Gasteiger charge is -2.16. The normalized spacial score (nSPS) is 23.1. The maximum atomic E-state index is 11.4. The molecule has 1 fully saturated rings. The average Bonchev–Trinajstić information content (AvgIpc) is 2.56. The first-order valence-electron chi connectivity index (χ1n) is 4.86. The van der Waals surface area contributed by atoms with E-state index in [9.17, 15) is 4.79 Å². The number of carbonyl (C=O) groups excluding carboxylic acids is 1. The van der Waals surface area contributed by atoms with Crippen LogP contribution in [0.1, 0.15) is 13.3 Å². The van der Waals surface area contributed by atoms with E-state index in [1.807, 2.05) is 6.92 Å². The maximum Gasteiger partial charge on any atom is 0.315 e. The smallest absolute Gasteiger partial charge is 0.315 e. The Kier molecular flexibility index (Phi) is 4.69. The molecule has 5 nitrogen and oxygen atoms in total. The summed E-state index contributed by atoms with van der Waals surface area (Å²) in [6.07, 6.45) is 0.895. The first kappa shape index (κ1) is 11.3. The van der Waals surface area contributed by atoms with Crippen molar-refractivity contribution in [2.45, 2.75) is 25.4 Å². The van der Waals surface area contributed by atoms with E-state index >= 15 is 0 Å². The van der Waals surface area contributed by atoms with Crippen LogP contribution in [0.4, 0.5) is 4.79 Å². The topological polar surface area (TPSA) is 59.6 Å². The predicted molar refractivity (Wildman–Crippen MR) is 52.2 cm³/mol. The number of carbonyl (C=O) groups is 1. The van der Waals surface area contributed by atoms with Crippen molar-refractivity contribution in [3.8, 4) is 0 Å². The first-order valence-corrected chi connectivity index (χ1v) is 4.86. The molecule has 5 heteroatoms. The third-order valence-electron chi connectivity index (χ3n) is 2.06. The van der Waals surface area contributed by atoms with Crippen LogP contribution in [0.5, 0.6) is 0 Å². The van der Waals surface area contributed by atoms with Crippen LogP contribution in [0.15, 0.2) is 0 Å². The summed E-state index contributed by atoms with van der Waals surface area (Å²) in [4.78, 5) is 11.4. The Bertz CT molecular complexity index is 181. The van der Waals surface area contributed by atoms with Gasteiger partial charge in [-0.1, -0.05) is 0 Å². The van der Waals surface area contributed by atoms with E-state index in [0.29, 0.717) is 13.2 Å². The Hall–Kier alpha value is -0.810. The molecule has 1 aliphatic heterocycles. The highest BCUT2D eigenvalue weighted by Crippen LogP contribution is 2.02. The van der Waals surface area contributed by atoms with E-state index in [-0.39, 0.29) is 18.1 Å². The van der Waals surface area contributed by atoms with Crippen molar-refractivity contribution in [1.82, 2.24) is 10.6 Å². The van der Waals surface area contributed by atoms with Crippen molar-refractivity contribution in [3.63, 3.8) is 0 Å². The summed E-state index contributed by atoms with van der Waals surface area (Å²) in [7, 11) is 1.61. The average molecular weight is 202 g/mol. The molecular weight excluding hydrogens is 184 g/mol. The largest absolute Gasteiger partial charge is 0.383 e. The minimum Gasteiger partial charge on any atom is -0.383 e. The molecule has 0 aromatic rings. The van der Waals surface area contributed by atoms with Gasteiger partial charge >= 0.3 is 6.03 Å². The van der Waals surface area contributed by atoms with E-state index in [2.05, 4.69) is 10.6 Å². The van der Waals surface area contributed by atoms with Crippen LogP contribution in [-0.2, 0) is 9.47 Å². The van der Waals surface area contributed by atoms with Gasteiger partial charge in [0, 0.05) is 13.7 Å². The summed E-state index contributed by atoms with van der Waals surface area (Å²) in [5.74, 6) is 0. The zero-order valence-electron chi connectivity index (χ0n) is 8.71. The van der Waals surface area contributed by atoms with Crippen molar-refractivity contribution < 1.29 is 14.3 Å². The number of hydrogen-bond acceptors (Lipinski definition) is 3. The second-order valence-corrected chi connectivity index (χ2v) is 3.53. The fraction of sp³-hybridized carbons (Fsp3) is 0.889. The van der Waals surface area contributed by atoms with Crippen LogP contribution in [0, 0.1) is 0 Å². The molecule has 2 atom stereocenters. The number of ether oxygens (including phenoxy) is 2. The van der Waals surface area contributed by atoms with E-state index in [4.69, 9.17) is 9.47 Å². The summed E-state index contributed by atoms with van der Waals surface area (Å²) in [5.41, 5.74) is 0. The highest BCUT2D eigenvalue weighted by atomic mass is 16.5. The molecule has 0 aliphatic carbocycles. The lowest BCUT2D eigenvalue weighted by Crippen LogP contribution is -2.46. The third kappa shape index (κ3) is 3.93. The van der Waals surface area contributed by atoms with Gasteiger partial charge in [-0.25, -0.2) is 4.79 Å². The second kappa shape index (κ2) is 5.82. The van der Waals surface area contributed by atoms with Crippen LogP contribution in [-0.4, -0.2) is 45.0 Å². The lowest BCUT2D eigenvalue weighted by molar-refractivity contribution is 0.168. The highest BCUT2D eigenvalue weighted by molar-refractivity contribution is 5.74. The summed E-state index contributed by atoms with van der Waals surface area (Å²) in [6.45, 7) is 3.77. The molecular formula is C9H18N2O3. The molecule has 2 unspecified atom stereocenters. The molecule has 1 saturated heterocycles. The minimum atomic E-state index is -0.148. The molecule has 0 aromatic heterocycles. The predicted octanol–water partition coefficient (Wildman–Crippen LogP) is 0.109. The first-order chi connectivity index (χ1) is 6.72. The van der Waals surface area contributed by atoms with Gasteiger partial charge in [0.15, 0.2) is 0 Å². The molecule has 0 spiro atoms. The second-order valence-electron chi connectivity index (χ2n) is 3.53. The van der Waals surface area contributed by atoms with Gasteiger partial charge in [-0.3, -0.25) is 0 Å². The van der Waals surface area contributed by atoms with E-state index < -0.39 is 0 Å². The summed E-state index contributed by atoms with van der Waals surface area (Å²) < 4.78 is 10.1. The standard InChI is InChI=1S/C9H18N2O3/c1-7(5-13-2)10-9(12)11-8-3-4-14-6-8/h7-8H,3-6H2,1-2H3,(H2,10,11,12). The zero-order valence-corrected chi connectivity index (χ0v) is 8.71. The van der Waals surface area contributed by atoms with E-state index in [1.165, 1.54) is 0 Å². The maximum absolute atomic E-state index is 11.4. The minimum absolute atomic E-state index is 0.0299. The Labute approximate surface area is 84.1 Å². The highest BCUT2D eigenvalue weighted by Gasteiger charge is 2.18. The van der Waals surface area contributed by atoms with Crippen molar-refractivity contribution >= 4 is 6.03 Å². The van der Waals surface area contributed by atoms with Crippen LogP contribution in [0.2, 0.25) is 0 Å². The van der Waals surface area contributed by atoms with Crippen LogP contribution >= 0.6 is 0 Å². The fourth-order valence-corrected chi connectivity index (χ4v) is 1.39. The van der Waals surface area contributed by atoms with Crippen molar-refractivity contribution in [2.75, 3.05) is 26.9 Å². The molecule has 1 rings (SSSR count). The monoisotopic (exact) mass is 202 g/mol. The van der Waals surface area contributed by atoms with Gasteiger partial charge in [0.05, 0.1) is 25.3 Å². The third-order valence-corrected chi connectivity index (χ3v) is 2.06. The summed E-state index contributed by atoms with van der Waals surface area (Å²) in [6, 6.07) is 0.0390. The van der Waals surface area contributed by atoms with E-state index in [1.54, 1.807) is 7.11 Å². The van der Waals surface area contributed by atoms with Crippen LogP contribution in [0.3, 0.4) is 0 Å². The van der Waals surface area contributed by atoms with Crippen LogP contribution in [0.25, 0.3) is 0 Å². The lowest BCUT2D eigenvalue weighted by atomic mass is 10.3. The number of nitrogens with one attached hydrogen (secondary N) is 2. The van der Waals surface area contributed by atoms with Gasteiger partial charge in [0.1, 0.15) is 0 Å². The van der Waals surface area contributed by atoms with Gasteiger partial charge in [-0.15, -0.1) is 0 Å². The number of amides is 2. The molecule has 1 aliphatic rings. The van der Waals surface area contributed by atoms with Gasteiger partial charge in [0.2, 0.25) is 0 Å². The molecule has 14 heavy (non-hydrogen) atoms. The molecule has 0 saturated carbocycles. The Balaban J connectivity index is 2.14. The molecule has 0 bridgehead atoms. The van der Waals surface area contributed by atoms with E-state index in [0.717, 1.165) is 13.0 Å². The van der Waals surface area contributed by atoms with Crippen molar-refractivity contribution in [2.24, 2.45) is 0 Å². The van der Waals surface area contributed by atoms with Gasteiger partial charge in [-0.05, 0) is 13.3 Å². The number of rotatable bonds is 4. The SMILES string of the molecule is COCC(C)NC(=O)NC1CCOC1. The molecule has 1 heterocycles. The van der Waals surface area contributed by atoms with Crippen LogP contribution < -0.4 is 10.6 Å². The van der Waals surface area contributed by atoms with Crippen molar-refractivity contribution in [3.05, 3.63) is 0 Å². The van der Waals surface area contributed by atoms with Gasteiger partial charge in [-0.2, -0.15) is 0 Å². The molecule has 2 amide bonds. The van der Waals surface area contributed by atoms with Gasteiger partial charge in [0.25, 0.3) is 0 Å². The number of methoxy groups -OCH3 is 1. The van der Waals surface area contributed by atoms with Crippen molar-refractivity contribution in [1.29, 1.82) is 0 Å². The van der Waals surface area contributed by atoms with Gasteiger partial charge < -0.3 is 20.1 Å². The fourth-order valence-electron chi connectivity index (χ4n) is 1.39. The quantitative estimate of drug-likeness (QED) is 0.680. The summed E-state index contributed by atoms with van der Waals surface area (Å²) >= 11 is 0. The Morgan fingerprint density at radius 3 is 3.07 bits per heavy atom.